The van der Waals surface area contributed by atoms with Gasteiger partial charge in [0.2, 0.25) is 5.91 Å². The molecular weight excluding hydrogens is 387 g/mol. The number of halogens is 1. The number of amides is 4. The number of rotatable bonds is 5. The quantitative estimate of drug-likeness (QED) is 0.703. The van der Waals surface area contributed by atoms with Gasteiger partial charge in [-0.25, -0.2) is 9.18 Å². The number of anilines is 2. The Hall–Kier alpha value is -3.42. The molecule has 0 aromatic heterocycles. The predicted octanol–water partition coefficient (Wildman–Crippen LogP) is 3.46. The molecule has 1 saturated heterocycles. The van der Waals surface area contributed by atoms with Crippen molar-refractivity contribution in [2.45, 2.75) is 19.8 Å². The zero-order chi connectivity index (χ0) is 21.5. The Labute approximate surface area is 174 Å². The van der Waals surface area contributed by atoms with Crippen LogP contribution >= 0.6 is 0 Å². The first-order valence-corrected chi connectivity index (χ1v) is 9.88. The van der Waals surface area contributed by atoms with Gasteiger partial charge >= 0.3 is 6.03 Å². The Kier molecular flexibility index (Phi) is 7.00. The van der Waals surface area contributed by atoms with Crippen LogP contribution in [0.2, 0.25) is 0 Å². The fourth-order valence-electron chi connectivity index (χ4n) is 3.48. The molecule has 1 unspecified atom stereocenters. The van der Waals surface area contributed by atoms with Gasteiger partial charge in [0.15, 0.2) is 0 Å². The lowest BCUT2D eigenvalue weighted by atomic mass is 9.97. The van der Waals surface area contributed by atoms with Crippen molar-refractivity contribution in [2.75, 3.05) is 30.3 Å². The van der Waals surface area contributed by atoms with E-state index < -0.39 is 11.8 Å². The van der Waals surface area contributed by atoms with Crippen LogP contribution in [0.3, 0.4) is 0 Å². The van der Waals surface area contributed by atoms with Crippen LogP contribution in [0.4, 0.5) is 20.6 Å². The predicted molar refractivity (Wildman–Crippen MR) is 113 cm³/mol. The molecule has 2 aromatic carbocycles. The molecule has 1 aliphatic rings. The first-order valence-electron chi connectivity index (χ1n) is 9.88. The van der Waals surface area contributed by atoms with Crippen LogP contribution in [0.1, 0.15) is 30.1 Å². The van der Waals surface area contributed by atoms with Crippen molar-refractivity contribution in [3.8, 4) is 0 Å². The second kappa shape index (κ2) is 9.87. The van der Waals surface area contributed by atoms with Crippen molar-refractivity contribution < 1.29 is 18.8 Å². The zero-order valence-corrected chi connectivity index (χ0v) is 16.8. The van der Waals surface area contributed by atoms with E-state index in [2.05, 4.69) is 16.0 Å². The van der Waals surface area contributed by atoms with Crippen LogP contribution in [-0.2, 0) is 4.79 Å². The van der Waals surface area contributed by atoms with Crippen LogP contribution in [0.25, 0.3) is 0 Å². The van der Waals surface area contributed by atoms with Gasteiger partial charge in [0.1, 0.15) is 5.82 Å². The van der Waals surface area contributed by atoms with Gasteiger partial charge in [-0.05, 0) is 61.2 Å². The highest BCUT2D eigenvalue weighted by Gasteiger charge is 2.24. The summed E-state index contributed by atoms with van der Waals surface area (Å²) in [6.07, 6.45) is 1.76. The van der Waals surface area contributed by atoms with Gasteiger partial charge in [0.25, 0.3) is 5.91 Å². The number of nitrogens with one attached hydrogen (secondary N) is 3. The highest BCUT2D eigenvalue weighted by atomic mass is 19.1. The van der Waals surface area contributed by atoms with Crippen molar-refractivity contribution >= 4 is 29.2 Å². The smallest absolute Gasteiger partial charge is 0.319 e. The van der Waals surface area contributed by atoms with E-state index in [0.29, 0.717) is 36.6 Å². The molecule has 0 radical (unpaired) electrons. The summed E-state index contributed by atoms with van der Waals surface area (Å²) in [5, 5.41) is 8.07. The van der Waals surface area contributed by atoms with E-state index >= 15 is 0 Å². The van der Waals surface area contributed by atoms with Crippen molar-refractivity contribution in [1.82, 2.24) is 10.2 Å². The van der Waals surface area contributed by atoms with Crippen LogP contribution in [0, 0.1) is 11.7 Å². The van der Waals surface area contributed by atoms with Crippen molar-refractivity contribution in [1.29, 1.82) is 0 Å². The summed E-state index contributed by atoms with van der Waals surface area (Å²) in [5.41, 5.74) is 1.58. The largest absolute Gasteiger partial charge is 0.338 e. The maximum atomic E-state index is 13.2. The summed E-state index contributed by atoms with van der Waals surface area (Å²) in [4.78, 5) is 37.7. The lowest BCUT2D eigenvalue weighted by Gasteiger charge is -2.33. The molecule has 30 heavy (non-hydrogen) atoms. The standard InChI is InChI=1S/C22H25FN4O3/c1-15(28)25-19-9-7-17(8-10-19)21(29)27-11-3-4-16(14-27)13-24-22(30)26-20-6-2-5-18(23)12-20/h2,5-10,12,16H,3-4,11,13-14H2,1H3,(H,25,28)(H2,24,26,30). The number of hydrogen-bond acceptors (Lipinski definition) is 3. The Balaban J connectivity index is 1.50. The number of benzene rings is 2. The molecule has 2 aromatic rings. The van der Waals surface area contributed by atoms with Gasteiger partial charge < -0.3 is 20.9 Å². The first kappa shape index (κ1) is 21.3. The van der Waals surface area contributed by atoms with Gasteiger partial charge in [0.05, 0.1) is 0 Å². The molecular formula is C22H25FN4O3. The minimum atomic E-state index is -0.417. The highest BCUT2D eigenvalue weighted by Crippen LogP contribution is 2.19. The highest BCUT2D eigenvalue weighted by molar-refractivity contribution is 5.95. The summed E-state index contributed by atoms with van der Waals surface area (Å²) < 4.78 is 13.2. The van der Waals surface area contributed by atoms with E-state index in [0.717, 1.165) is 12.8 Å². The number of urea groups is 1. The Bertz CT molecular complexity index is 917. The zero-order valence-electron chi connectivity index (χ0n) is 16.8. The number of carbonyl (C=O) groups excluding carboxylic acids is 3. The molecule has 0 bridgehead atoms. The van der Waals surface area contributed by atoms with Gasteiger partial charge in [-0.2, -0.15) is 0 Å². The molecule has 7 nitrogen and oxygen atoms in total. The number of nitrogens with zero attached hydrogens (tertiary/aromatic N) is 1. The summed E-state index contributed by atoms with van der Waals surface area (Å²) in [6.45, 7) is 3.07. The third-order valence-electron chi connectivity index (χ3n) is 4.89. The summed E-state index contributed by atoms with van der Waals surface area (Å²) in [5.74, 6) is -0.515. The number of carbonyl (C=O) groups is 3. The van der Waals surface area contributed by atoms with Gasteiger partial charge in [-0.3, -0.25) is 9.59 Å². The van der Waals surface area contributed by atoms with Gasteiger partial charge in [-0.15, -0.1) is 0 Å². The summed E-state index contributed by atoms with van der Waals surface area (Å²) in [6, 6.07) is 12.1. The van der Waals surface area contributed by atoms with Crippen molar-refractivity contribution in [3.63, 3.8) is 0 Å². The minimum absolute atomic E-state index is 0.0710. The SMILES string of the molecule is CC(=O)Nc1ccc(C(=O)N2CCCC(CNC(=O)Nc3cccc(F)c3)C2)cc1. The Morgan fingerprint density at radius 2 is 1.83 bits per heavy atom. The van der Waals surface area contributed by atoms with Crippen molar-refractivity contribution in [2.24, 2.45) is 5.92 Å². The van der Waals surface area contributed by atoms with Crippen LogP contribution in [0.15, 0.2) is 48.5 Å². The van der Waals surface area contributed by atoms with E-state index in [1.165, 1.54) is 25.1 Å². The molecule has 1 fully saturated rings. The first-order chi connectivity index (χ1) is 14.4. The van der Waals surface area contributed by atoms with Gasteiger partial charge in [0, 0.05) is 43.5 Å². The number of hydrogen-bond donors (Lipinski definition) is 3. The topological polar surface area (TPSA) is 90.5 Å². The second-order valence-electron chi connectivity index (χ2n) is 7.36. The average Bonchev–Trinajstić information content (AvgIpc) is 2.72. The molecule has 1 heterocycles. The third-order valence-corrected chi connectivity index (χ3v) is 4.89. The normalized spacial score (nSPS) is 15.9. The molecule has 0 aliphatic carbocycles. The third kappa shape index (κ3) is 6.04. The molecule has 0 spiro atoms. The Morgan fingerprint density at radius 1 is 1.07 bits per heavy atom. The van der Waals surface area contributed by atoms with Crippen LogP contribution in [-0.4, -0.2) is 42.4 Å². The Morgan fingerprint density at radius 3 is 2.53 bits per heavy atom. The lowest BCUT2D eigenvalue weighted by Crippen LogP contribution is -2.44. The van der Waals surface area contributed by atoms with E-state index in [9.17, 15) is 18.8 Å². The maximum absolute atomic E-state index is 13.2. The van der Waals surface area contributed by atoms with Crippen molar-refractivity contribution in [3.05, 3.63) is 59.9 Å². The summed E-state index contributed by atoms with van der Waals surface area (Å²) >= 11 is 0. The van der Waals surface area contributed by atoms with Crippen LogP contribution in [0.5, 0.6) is 0 Å². The fraction of sp³-hybridized carbons (Fsp3) is 0.318. The van der Waals surface area contributed by atoms with E-state index in [1.807, 2.05) is 0 Å². The minimum Gasteiger partial charge on any atom is -0.338 e. The lowest BCUT2D eigenvalue weighted by molar-refractivity contribution is -0.114. The molecule has 158 valence electrons. The van der Waals surface area contributed by atoms with E-state index in [4.69, 9.17) is 0 Å². The fourth-order valence-corrected chi connectivity index (χ4v) is 3.48. The molecule has 1 atom stereocenters. The molecule has 3 N–H and O–H groups in total. The summed E-state index contributed by atoms with van der Waals surface area (Å²) in [7, 11) is 0. The molecule has 0 saturated carbocycles. The maximum Gasteiger partial charge on any atom is 0.319 e. The molecule has 8 heteroatoms. The number of piperidine rings is 1. The van der Waals surface area contributed by atoms with Gasteiger partial charge in [-0.1, -0.05) is 6.07 Å². The monoisotopic (exact) mass is 412 g/mol. The molecule has 1 aliphatic heterocycles. The molecule has 3 rings (SSSR count). The van der Waals surface area contributed by atoms with E-state index in [-0.39, 0.29) is 17.7 Å². The van der Waals surface area contributed by atoms with E-state index in [1.54, 1.807) is 35.2 Å². The average molecular weight is 412 g/mol. The number of likely N-dealkylation sites (tertiary alicyclic amines) is 1. The van der Waals surface area contributed by atoms with Crippen LogP contribution < -0.4 is 16.0 Å². The molecule has 4 amide bonds. The second-order valence-corrected chi connectivity index (χ2v) is 7.36.